The number of fused-ring (bicyclic) bond motifs is 1. The molecule has 0 radical (unpaired) electrons. The molecule has 25 heavy (non-hydrogen) atoms. The first-order valence-corrected chi connectivity index (χ1v) is 10.3. The van der Waals surface area contributed by atoms with E-state index in [9.17, 15) is 18.0 Å². The van der Waals surface area contributed by atoms with Crippen LogP contribution in [0.4, 0.5) is 5.13 Å². The zero-order valence-corrected chi connectivity index (χ0v) is 15.4. The van der Waals surface area contributed by atoms with E-state index in [1.807, 2.05) is 4.90 Å². The highest BCUT2D eigenvalue weighted by atomic mass is 32.2. The molecule has 2 aromatic rings. The van der Waals surface area contributed by atoms with E-state index < -0.39 is 16.1 Å². The van der Waals surface area contributed by atoms with Crippen molar-refractivity contribution >= 4 is 37.4 Å². The first-order valence-electron chi connectivity index (χ1n) is 7.65. The summed E-state index contributed by atoms with van der Waals surface area (Å²) in [5, 5.41) is 7.62. The fourth-order valence-electron chi connectivity index (χ4n) is 2.69. The van der Waals surface area contributed by atoms with Gasteiger partial charge in [0, 0.05) is 38.4 Å². The molecule has 12 heteroatoms. The topological polar surface area (TPSA) is 117 Å². The van der Waals surface area contributed by atoms with E-state index in [1.54, 1.807) is 6.92 Å². The van der Waals surface area contributed by atoms with Gasteiger partial charge in [-0.15, -0.1) is 5.10 Å². The predicted molar refractivity (Wildman–Crippen MR) is 93.4 cm³/mol. The molecule has 10 nitrogen and oxygen atoms in total. The van der Waals surface area contributed by atoms with Gasteiger partial charge < -0.3 is 10.2 Å². The maximum Gasteiger partial charge on any atom is 0.273 e. The minimum atomic E-state index is -3.50. The maximum atomic E-state index is 12.3. The third-order valence-corrected chi connectivity index (χ3v) is 6.09. The van der Waals surface area contributed by atoms with Crippen molar-refractivity contribution in [3.05, 3.63) is 22.6 Å². The number of carbonyl (C=O) groups is 1. The van der Waals surface area contributed by atoms with Crippen LogP contribution in [0.5, 0.6) is 0 Å². The standard InChI is InChI=1S/C13H18N6O4S2/c1-3-14-11(21)9-8-17(6-7-19(9)25(2,22)23)13-16-18-5-4-10(20)15-12(18)24-13/h4-5,9H,3,6-8H2,1-2H3,(H,14,21). The molecule has 0 bridgehead atoms. The number of sulfonamides is 1. The van der Waals surface area contributed by atoms with E-state index in [0.717, 1.165) is 6.26 Å². The van der Waals surface area contributed by atoms with Crippen LogP contribution in [0.25, 0.3) is 4.96 Å². The Labute approximate surface area is 148 Å². The number of nitrogens with zero attached hydrogens (tertiary/aromatic N) is 5. The zero-order chi connectivity index (χ0) is 18.2. The zero-order valence-electron chi connectivity index (χ0n) is 13.7. The highest BCUT2D eigenvalue weighted by molar-refractivity contribution is 7.88. The Morgan fingerprint density at radius 3 is 2.88 bits per heavy atom. The summed E-state index contributed by atoms with van der Waals surface area (Å²) in [7, 11) is -3.50. The molecule has 1 fully saturated rings. The summed E-state index contributed by atoms with van der Waals surface area (Å²) in [4.78, 5) is 29.8. The smallest absolute Gasteiger partial charge is 0.273 e. The van der Waals surface area contributed by atoms with Crippen molar-refractivity contribution in [2.75, 3.05) is 37.3 Å². The Balaban J connectivity index is 1.90. The molecule has 136 valence electrons. The third kappa shape index (κ3) is 3.65. The number of carbonyl (C=O) groups excluding carboxylic acids is 1. The van der Waals surface area contributed by atoms with Gasteiger partial charge in [0.05, 0.1) is 6.26 Å². The maximum absolute atomic E-state index is 12.3. The normalized spacial score (nSPS) is 19.3. The Morgan fingerprint density at radius 2 is 2.20 bits per heavy atom. The first kappa shape index (κ1) is 17.8. The summed E-state index contributed by atoms with van der Waals surface area (Å²) in [5.74, 6) is -0.341. The molecule has 1 N–H and O–H groups in total. The van der Waals surface area contributed by atoms with Crippen molar-refractivity contribution < 1.29 is 13.2 Å². The predicted octanol–water partition coefficient (Wildman–Crippen LogP) is -1.26. The summed E-state index contributed by atoms with van der Waals surface area (Å²) in [6.45, 7) is 2.96. The van der Waals surface area contributed by atoms with E-state index in [2.05, 4.69) is 15.4 Å². The van der Waals surface area contributed by atoms with Gasteiger partial charge in [0.1, 0.15) is 6.04 Å². The highest BCUT2D eigenvalue weighted by Crippen LogP contribution is 2.25. The highest BCUT2D eigenvalue weighted by Gasteiger charge is 2.38. The van der Waals surface area contributed by atoms with Crippen LogP contribution in [0, 0.1) is 0 Å². The molecule has 2 aromatic heterocycles. The number of piperazine rings is 1. The summed E-state index contributed by atoms with van der Waals surface area (Å²) in [6, 6.07) is 0.485. The minimum Gasteiger partial charge on any atom is -0.355 e. The monoisotopic (exact) mass is 386 g/mol. The van der Waals surface area contributed by atoms with Crippen molar-refractivity contribution in [3.8, 4) is 0 Å². The summed E-state index contributed by atoms with van der Waals surface area (Å²) < 4.78 is 26.7. The molecule has 0 spiro atoms. The Hall–Kier alpha value is -2.05. The summed E-state index contributed by atoms with van der Waals surface area (Å²) >= 11 is 1.22. The molecular formula is C13H18N6O4S2. The molecular weight excluding hydrogens is 368 g/mol. The second-order valence-corrected chi connectivity index (χ2v) is 8.48. The lowest BCUT2D eigenvalue weighted by Crippen LogP contribution is -2.60. The number of rotatable bonds is 4. The van der Waals surface area contributed by atoms with E-state index in [4.69, 9.17) is 0 Å². The van der Waals surface area contributed by atoms with Gasteiger partial charge in [-0.3, -0.25) is 9.59 Å². The number of hydrogen-bond acceptors (Lipinski definition) is 8. The van der Waals surface area contributed by atoms with Gasteiger partial charge in [-0.1, -0.05) is 11.3 Å². The molecule has 1 aliphatic heterocycles. The van der Waals surface area contributed by atoms with Crippen molar-refractivity contribution in [1.82, 2.24) is 24.2 Å². The van der Waals surface area contributed by atoms with Crippen LogP contribution in [-0.2, 0) is 14.8 Å². The second-order valence-electron chi connectivity index (χ2n) is 5.61. The molecule has 1 unspecified atom stereocenters. The van der Waals surface area contributed by atoms with Crippen molar-refractivity contribution in [3.63, 3.8) is 0 Å². The van der Waals surface area contributed by atoms with Crippen LogP contribution in [0.15, 0.2) is 17.1 Å². The van der Waals surface area contributed by atoms with Crippen LogP contribution >= 0.6 is 11.3 Å². The van der Waals surface area contributed by atoms with Gasteiger partial charge in [0.2, 0.25) is 26.0 Å². The summed E-state index contributed by atoms with van der Waals surface area (Å²) in [5.41, 5.74) is -0.350. The molecule has 1 aliphatic rings. The number of likely N-dealkylation sites (N-methyl/N-ethyl adjacent to an activating group) is 1. The lowest BCUT2D eigenvalue weighted by atomic mass is 10.2. The third-order valence-electron chi connectivity index (χ3n) is 3.82. The number of nitrogens with one attached hydrogen (secondary N) is 1. The first-order chi connectivity index (χ1) is 11.8. The number of hydrogen-bond donors (Lipinski definition) is 1. The SMILES string of the molecule is CCNC(=O)C1CN(c2nn3ccc(=O)nc3s2)CCN1S(C)(=O)=O. The van der Waals surface area contributed by atoms with Crippen LogP contribution in [0.3, 0.4) is 0 Å². The van der Waals surface area contributed by atoms with Gasteiger partial charge in [-0.2, -0.15) is 9.29 Å². The summed E-state index contributed by atoms with van der Waals surface area (Å²) in [6.07, 6.45) is 2.63. The van der Waals surface area contributed by atoms with Gasteiger partial charge in [-0.25, -0.2) is 12.9 Å². The average molecular weight is 386 g/mol. The lowest BCUT2D eigenvalue weighted by Gasteiger charge is -2.38. The Morgan fingerprint density at radius 1 is 1.44 bits per heavy atom. The lowest BCUT2D eigenvalue weighted by molar-refractivity contribution is -0.124. The fraction of sp³-hybridized carbons (Fsp3) is 0.538. The fourth-order valence-corrected chi connectivity index (χ4v) is 4.65. The van der Waals surface area contributed by atoms with E-state index in [-0.39, 0.29) is 24.6 Å². The molecule has 1 saturated heterocycles. The van der Waals surface area contributed by atoms with Gasteiger partial charge in [0.25, 0.3) is 5.56 Å². The van der Waals surface area contributed by atoms with E-state index >= 15 is 0 Å². The Kier molecular flexibility index (Phi) is 4.75. The van der Waals surface area contributed by atoms with Crippen LogP contribution in [0.1, 0.15) is 6.92 Å². The van der Waals surface area contributed by atoms with Crippen molar-refractivity contribution in [1.29, 1.82) is 0 Å². The van der Waals surface area contributed by atoms with Crippen molar-refractivity contribution in [2.24, 2.45) is 0 Å². The minimum absolute atomic E-state index is 0.182. The molecule has 3 rings (SSSR count). The average Bonchev–Trinajstić information content (AvgIpc) is 2.96. The van der Waals surface area contributed by atoms with E-state index in [0.29, 0.717) is 23.2 Å². The second kappa shape index (κ2) is 6.69. The largest absolute Gasteiger partial charge is 0.355 e. The van der Waals surface area contributed by atoms with Gasteiger partial charge in [-0.05, 0) is 6.92 Å². The Bertz CT molecular complexity index is 953. The van der Waals surface area contributed by atoms with Crippen LogP contribution < -0.4 is 15.8 Å². The number of aromatic nitrogens is 3. The van der Waals surface area contributed by atoms with Crippen molar-refractivity contribution in [2.45, 2.75) is 13.0 Å². The van der Waals surface area contributed by atoms with Gasteiger partial charge in [0.15, 0.2) is 0 Å². The molecule has 1 atom stereocenters. The van der Waals surface area contributed by atoms with E-state index in [1.165, 1.54) is 32.4 Å². The molecule has 1 amide bonds. The molecule has 0 aromatic carbocycles. The molecule has 3 heterocycles. The quantitative estimate of drug-likeness (QED) is 0.697. The molecule has 0 aliphatic carbocycles. The molecule has 0 saturated carbocycles. The number of amides is 1. The van der Waals surface area contributed by atoms with Crippen LogP contribution in [0.2, 0.25) is 0 Å². The van der Waals surface area contributed by atoms with Crippen LogP contribution in [-0.4, -0.2) is 71.7 Å². The number of anilines is 1. The van der Waals surface area contributed by atoms with Gasteiger partial charge >= 0.3 is 0 Å².